The van der Waals surface area contributed by atoms with Crippen LogP contribution in [0.15, 0.2) is 29.0 Å². The van der Waals surface area contributed by atoms with Crippen LogP contribution in [0.2, 0.25) is 10.0 Å². The highest BCUT2D eigenvalue weighted by Crippen LogP contribution is 2.38. The Kier molecular flexibility index (Phi) is 4.90. The number of nitrogens with one attached hydrogen (secondary N) is 1. The van der Waals surface area contributed by atoms with E-state index in [0.29, 0.717) is 16.7 Å². The molecular formula is C16H16Cl2N2O3. The lowest BCUT2D eigenvalue weighted by Crippen LogP contribution is -2.22. The predicted molar refractivity (Wildman–Crippen MR) is 87.3 cm³/mol. The van der Waals surface area contributed by atoms with Crippen LogP contribution in [0.3, 0.4) is 0 Å². The second-order valence-electron chi connectivity index (χ2n) is 5.45. The van der Waals surface area contributed by atoms with Crippen LogP contribution in [0.5, 0.6) is 5.75 Å². The van der Waals surface area contributed by atoms with Crippen molar-refractivity contribution in [3.8, 4) is 5.75 Å². The van der Waals surface area contributed by atoms with E-state index < -0.39 is 6.10 Å². The fourth-order valence-electron chi connectivity index (χ4n) is 2.75. The lowest BCUT2D eigenvalue weighted by molar-refractivity contribution is 0.0973. The molecule has 0 saturated carbocycles. The Morgan fingerprint density at radius 3 is 2.91 bits per heavy atom. The summed E-state index contributed by atoms with van der Waals surface area (Å²) in [6.45, 7) is 3.14. The Balaban J connectivity index is 1.97. The van der Waals surface area contributed by atoms with Gasteiger partial charge in [-0.2, -0.15) is 0 Å². The Hall–Kier alpha value is -1.56. The molecule has 1 saturated heterocycles. The minimum absolute atomic E-state index is 0.197. The summed E-state index contributed by atoms with van der Waals surface area (Å²) < 4.78 is 11.5. The molecule has 7 heteroatoms. The topological polar surface area (TPSA) is 64.4 Å². The van der Waals surface area contributed by atoms with Crippen LogP contribution in [0, 0.1) is 5.92 Å². The molecule has 5 nitrogen and oxygen atoms in total. The minimum Gasteiger partial charge on any atom is -0.480 e. The van der Waals surface area contributed by atoms with Gasteiger partial charge in [-0.1, -0.05) is 23.2 Å². The number of Topliss-reactive ketones (excluding diaryl/α,β-unsaturated/α-hetero) is 1. The Morgan fingerprint density at radius 2 is 2.30 bits per heavy atom. The molecule has 1 N–H and O–H groups in total. The number of hydrogen-bond donors (Lipinski definition) is 1. The summed E-state index contributed by atoms with van der Waals surface area (Å²) in [5.41, 5.74) is 0.279. The molecular weight excluding hydrogens is 339 g/mol. The van der Waals surface area contributed by atoms with Crippen LogP contribution >= 0.6 is 23.2 Å². The number of halogens is 2. The van der Waals surface area contributed by atoms with Gasteiger partial charge in [0, 0.05) is 12.5 Å². The van der Waals surface area contributed by atoms with Gasteiger partial charge >= 0.3 is 0 Å². The molecule has 0 radical (unpaired) electrons. The molecule has 3 rings (SSSR count). The van der Waals surface area contributed by atoms with Crippen molar-refractivity contribution in [3.63, 3.8) is 0 Å². The molecule has 23 heavy (non-hydrogen) atoms. The van der Waals surface area contributed by atoms with Crippen molar-refractivity contribution in [2.75, 3.05) is 13.1 Å². The molecule has 1 fully saturated rings. The zero-order valence-corrected chi connectivity index (χ0v) is 14.0. The third-order valence-corrected chi connectivity index (χ3v) is 4.69. The molecule has 0 bridgehead atoms. The smallest absolute Gasteiger partial charge is 0.235 e. The Labute approximate surface area is 143 Å². The first kappa shape index (κ1) is 16.3. The van der Waals surface area contributed by atoms with Gasteiger partial charge in [0.05, 0.1) is 21.8 Å². The van der Waals surface area contributed by atoms with Gasteiger partial charge in [0.2, 0.25) is 5.89 Å². The summed E-state index contributed by atoms with van der Waals surface area (Å²) >= 11 is 12.2. The molecule has 0 spiro atoms. The van der Waals surface area contributed by atoms with E-state index in [2.05, 4.69) is 10.3 Å². The van der Waals surface area contributed by atoms with Gasteiger partial charge < -0.3 is 14.5 Å². The van der Waals surface area contributed by atoms with Crippen molar-refractivity contribution in [2.45, 2.75) is 19.4 Å². The summed E-state index contributed by atoms with van der Waals surface area (Å²) in [4.78, 5) is 16.2. The number of ether oxygens (including phenoxy) is 1. The van der Waals surface area contributed by atoms with Gasteiger partial charge in [-0.05, 0) is 32.0 Å². The molecule has 2 aromatic rings. The highest BCUT2D eigenvalue weighted by Gasteiger charge is 2.32. The standard InChI is InChI=1S/C16H16Cl2N2O3/c1-9(21)13-12(3-2-11(17)14(13)18)23-15(10-4-5-19-8-10)16-20-6-7-22-16/h2-3,6-7,10,15,19H,4-5,8H2,1H3/t10-,15?/m0/s1. The van der Waals surface area contributed by atoms with E-state index in [1.165, 1.54) is 13.2 Å². The van der Waals surface area contributed by atoms with Crippen LogP contribution in [-0.4, -0.2) is 23.9 Å². The molecule has 1 unspecified atom stereocenters. The Morgan fingerprint density at radius 1 is 1.48 bits per heavy atom. The third-order valence-electron chi connectivity index (χ3n) is 3.88. The Bertz CT molecular complexity index is 698. The van der Waals surface area contributed by atoms with E-state index in [1.807, 2.05) is 0 Å². The van der Waals surface area contributed by atoms with Crippen molar-refractivity contribution in [1.82, 2.24) is 10.3 Å². The predicted octanol–water partition coefficient (Wildman–Crippen LogP) is 3.91. The van der Waals surface area contributed by atoms with Gasteiger partial charge in [-0.25, -0.2) is 4.98 Å². The maximum absolute atomic E-state index is 12.0. The summed E-state index contributed by atoms with van der Waals surface area (Å²) in [5.74, 6) is 0.868. The van der Waals surface area contributed by atoms with Crippen molar-refractivity contribution >= 4 is 29.0 Å². The fraction of sp³-hybridized carbons (Fsp3) is 0.375. The van der Waals surface area contributed by atoms with Gasteiger partial charge in [-0.15, -0.1) is 0 Å². The number of rotatable bonds is 5. The summed E-state index contributed by atoms with van der Waals surface area (Å²) in [5, 5.41) is 3.82. The zero-order valence-electron chi connectivity index (χ0n) is 12.5. The van der Waals surface area contributed by atoms with Crippen molar-refractivity contribution in [3.05, 3.63) is 46.1 Å². The number of hydrogen-bond acceptors (Lipinski definition) is 5. The summed E-state index contributed by atoms with van der Waals surface area (Å²) in [6, 6.07) is 3.27. The summed E-state index contributed by atoms with van der Waals surface area (Å²) in [6.07, 6.45) is 3.63. The number of benzene rings is 1. The SMILES string of the molecule is CC(=O)c1c(OC(c2ncco2)[C@H]2CCNC2)ccc(Cl)c1Cl. The average Bonchev–Trinajstić information content (AvgIpc) is 3.21. The van der Waals surface area contributed by atoms with Gasteiger partial charge in [0.25, 0.3) is 0 Å². The first-order chi connectivity index (χ1) is 11.1. The second kappa shape index (κ2) is 6.91. The summed E-state index contributed by atoms with van der Waals surface area (Å²) in [7, 11) is 0. The molecule has 2 heterocycles. The fourth-order valence-corrected chi connectivity index (χ4v) is 3.20. The van der Waals surface area contributed by atoms with E-state index in [1.54, 1.807) is 18.3 Å². The van der Waals surface area contributed by atoms with Gasteiger partial charge in [-0.3, -0.25) is 4.79 Å². The molecule has 1 aromatic heterocycles. The van der Waals surface area contributed by atoms with Crippen LogP contribution < -0.4 is 10.1 Å². The van der Waals surface area contributed by atoms with Crippen LogP contribution in [0.25, 0.3) is 0 Å². The molecule has 1 aromatic carbocycles. The van der Waals surface area contributed by atoms with Crippen molar-refractivity contribution < 1.29 is 13.9 Å². The molecule has 2 atom stereocenters. The molecule has 1 aliphatic heterocycles. The number of ketones is 1. The highest BCUT2D eigenvalue weighted by molar-refractivity contribution is 6.44. The maximum atomic E-state index is 12.0. The number of carbonyl (C=O) groups excluding carboxylic acids is 1. The van der Waals surface area contributed by atoms with Crippen molar-refractivity contribution in [2.24, 2.45) is 5.92 Å². The van der Waals surface area contributed by atoms with Gasteiger partial charge in [0.15, 0.2) is 11.9 Å². The minimum atomic E-state index is -0.393. The van der Waals surface area contributed by atoms with E-state index in [9.17, 15) is 4.79 Å². The number of aromatic nitrogens is 1. The lowest BCUT2D eigenvalue weighted by Gasteiger charge is -2.23. The molecule has 1 aliphatic rings. The van der Waals surface area contributed by atoms with E-state index in [4.69, 9.17) is 32.4 Å². The molecule has 0 amide bonds. The van der Waals surface area contributed by atoms with Crippen LogP contribution in [-0.2, 0) is 0 Å². The number of oxazole rings is 1. The van der Waals surface area contributed by atoms with E-state index in [-0.39, 0.29) is 22.3 Å². The van der Waals surface area contributed by atoms with Crippen molar-refractivity contribution in [1.29, 1.82) is 0 Å². The number of carbonyl (C=O) groups is 1. The van der Waals surface area contributed by atoms with Crippen LogP contribution in [0.4, 0.5) is 0 Å². The van der Waals surface area contributed by atoms with Gasteiger partial charge in [0.1, 0.15) is 12.0 Å². The zero-order chi connectivity index (χ0) is 16.4. The first-order valence-corrected chi connectivity index (χ1v) is 8.09. The number of nitrogens with zero attached hydrogens (tertiary/aromatic N) is 1. The molecule has 122 valence electrons. The second-order valence-corrected chi connectivity index (χ2v) is 6.24. The first-order valence-electron chi connectivity index (χ1n) is 7.33. The molecule has 0 aliphatic carbocycles. The largest absolute Gasteiger partial charge is 0.480 e. The highest BCUT2D eigenvalue weighted by atomic mass is 35.5. The normalized spacial score (nSPS) is 18.8. The monoisotopic (exact) mass is 354 g/mol. The van der Waals surface area contributed by atoms with Crippen LogP contribution in [0.1, 0.15) is 35.7 Å². The maximum Gasteiger partial charge on any atom is 0.235 e. The lowest BCUT2D eigenvalue weighted by atomic mass is 10.0. The van der Waals surface area contributed by atoms with E-state index >= 15 is 0 Å². The quantitative estimate of drug-likeness (QED) is 0.824. The van der Waals surface area contributed by atoms with E-state index in [0.717, 1.165) is 19.5 Å². The third kappa shape index (κ3) is 3.37. The average molecular weight is 355 g/mol.